The van der Waals surface area contributed by atoms with Gasteiger partial charge in [0.05, 0.1) is 12.0 Å². The molecule has 1 fully saturated rings. The third kappa shape index (κ3) is 7.20. The lowest BCUT2D eigenvalue weighted by Gasteiger charge is -2.21. The predicted octanol–water partition coefficient (Wildman–Crippen LogP) is -0.745. The quantitative estimate of drug-likeness (QED) is 0.640. The van der Waals surface area contributed by atoms with Gasteiger partial charge in [-0.05, 0) is 18.8 Å². The minimum Gasteiger partial charge on any atom is -0.353 e. The number of rotatable bonds is 7. The van der Waals surface area contributed by atoms with Crippen LogP contribution in [0, 0.1) is 5.92 Å². The van der Waals surface area contributed by atoms with Gasteiger partial charge >= 0.3 is 0 Å². The second-order valence-corrected chi connectivity index (χ2v) is 9.46. The molecular formula is C11H22N2O5S2. The van der Waals surface area contributed by atoms with Crippen molar-refractivity contribution in [2.45, 2.75) is 31.7 Å². The smallest absolute Gasteiger partial charge is 0.221 e. The van der Waals surface area contributed by atoms with Crippen LogP contribution < -0.4 is 10.0 Å². The Bertz CT molecular complexity index is 541. The first-order chi connectivity index (χ1) is 9.07. The van der Waals surface area contributed by atoms with E-state index in [2.05, 4.69) is 10.0 Å². The molecule has 118 valence electrons. The van der Waals surface area contributed by atoms with E-state index in [9.17, 15) is 21.6 Å². The number of carbonyl (C=O) groups is 1. The van der Waals surface area contributed by atoms with E-state index in [1.54, 1.807) is 0 Å². The highest BCUT2D eigenvalue weighted by Gasteiger charge is 2.29. The van der Waals surface area contributed by atoms with Crippen molar-refractivity contribution >= 4 is 25.8 Å². The molecule has 0 saturated heterocycles. The Labute approximate surface area is 120 Å². The molecule has 0 aliphatic heterocycles. The molecule has 20 heavy (non-hydrogen) atoms. The fourth-order valence-electron chi connectivity index (χ4n) is 2.29. The van der Waals surface area contributed by atoms with E-state index in [-0.39, 0.29) is 30.0 Å². The summed E-state index contributed by atoms with van der Waals surface area (Å²) in [5, 5.41) is 2.80. The average Bonchev–Trinajstić information content (AvgIpc) is 2.69. The number of nitrogens with one attached hydrogen (secondary N) is 2. The van der Waals surface area contributed by atoms with Crippen LogP contribution in [0.1, 0.15) is 25.7 Å². The van der Waals surface area contributed by atoms with Gasteiger partial charge in [0.2, 0.25) is 15.9 Å². The third-order valence-corrected chi connectivity index (χ3v) is 4.95. The minimum atomic E-state index is -3.24. The van der Waals surface area contributed by atoms with E-state index in [1.807, 2.05) is 0 Å². The van der Waals surface area contributed by atoms with Crippen LogP contribution in [0.25, 0.3) is 0 Å². The van der Waals surface area contributed by atoms with Crippen molar-refractivity contribution in [1.82, 2.24) is 10.0 Å². The molecule has 2 N–H and O–H groups in total. The average molecular weight is 326 g/mol. The van der Waals surface area contributed by atoms with Crippen molar-refractivity contribution in [3.63, 3.8) is 0 Å². The normalized spacial score (nSPS) is 23.7. The molecule has 1 aliphatic carbocycles. The number of amides is 1. The summed E-state index contributed by atoms with van der Waals surface area (Å²) in [6.07, 6.45) is 4.70. The van der Waals surface area contributed by atoms with Gasteiger partial charge in [0.25, 0.3) is 0 Å². The Morgan fingerprint density at radius 3 is 2.35 bits per heavy atom. The zero-order valence-corrected chi connectivity index (χ0v) is 13.4. The molecule has 0 aromatic carbocycles. The van der Waals surface area contributed by atoms with Gasteiger partial charge in [0, 0.05) is 25.3 Å². The second-order valence-electron chi connectivity index (χ2n) is 5.37. The molecule has 2 atom stereocenters. The van der Waals surface area contributed by atoms with Crippen molar-refractivity contribution in [2.75, 3.05) is 24.8 Å². The van der Waals surface area contributed by atoms with Crippen molar-refractivity contribution in [2.24, 2.45) is 5.92 Å². The van der Waals surface area contributed by atoms with Crippen molar-refractivity contribution < 1.29 is 21.6 Å². The number of hydrogen-bond acceptors (Lipinski definition) is 5. The van der Waals surface area contributed by atoms with Crippen molar-refractivity contribution in [1.29, 1.82) is 0 Å². The molecule has 1 aliphatic rings. The topological polar surface area (TPSA) is 109 Å². The van der Waals surface area contributed by atoms with Gasteiger partial charge in [0.15, 0.2) is 0 Å². The van der Waals surface area contributed by atoms with Gasteiger partial charge in [0.1, 0.15) is 9.84 Å². The molecule has 1 amide bonds. The van der Waals surface area contributed by atoms with Crippen LogP contribution in [0.2, 0.25) is 0 Å². The summed E-state index contributed by atoms with van der Waals surface area (Å²) in [5.74, 6) is -0.406. The Morgan fingerprint density at radius 2 is 1.80 bits per heavy atom. The van der Waals surface area contributed by atoms with E-state index >= 15 is 0 Å². The number of carbonyl (C=O) groups excluding carboxylic acids is 1. The van der Waals surface area contributed by atoms with Crippen LogP contribution in [-0.2, 0) is 24.7 Å². The van der Waals surface area contributed by atoms with Gasteiger partial charge < -0.3 is 5.32 Å². The summed E-state index contributed by atoms with van der Waals surface area (Å²) in [7, 11) is -6.38. The maximum atomic E-state index is 11.7. The molecule has 0 aromatic rings. The Balaban J connectivity index is 2.43. The number of hydrogen-bond donors (Lipinski definition) is 2. The standard InChI is InChI=1S/C11H22N2O5S2/c1-19(15,16)7-6-11(14)13-10-5-3-4-9(10)8-12-20(2,17)18/h9-10,12H,3-8H2,1-2H3,(H,13,14). The van der Waals surface area contributed by atoms with E-state index in [4.69, 9.17) is 0 Å². The lowest BCUT2D eigenvalue weighted by molar-refractivity contribution is -0.121. The fourth-order valence-corrected chi connectivity index (χ4v) is 3.36. The molecule has 0 bridgehead atoms. The van der Waals surface area contributed by atoms with Crippen LogP contribution in [0.3, 0.4) is 0 Å². The monoisotopic (exact) mass is 326 g/mol. The second kappa shape index (κ2) is 6.86. The van der Waals surface area contributed by atoms with Crippen molar-refractivity contribution in [3.05, 3.63) is 0 Å². The fraction of sp³-hybridized carbons (Fsp3) is 0.909. The highest BCUT2D eigenvalue weighted by Crippen LogP contribution is 2.25. The molecule has 9 heteroatoms. The summed E-state index contributed by atoms with van der Waals surface area (Å²) >= 11 is 0. The van der Waals surface area contributed by atoms with Crippen LogP contribution in [0.5, 0.6) is 0 Å². The zero-order chi connectivity index (χ0) is 15.4. The van der Waals surface area contributed by atoms with Crippen LogP contribution in [0.15, 0.2) is 0 Å². The lowest BCUT2D eigenvalue weighted by Crippen LogP contribution is -2.42. The SMILES string of the molecule is CS(=O)(=O)CCC(=O)NC1CCCC1CNS(C)(=O)=O. The zero-order valence-electron chi connectivity index (χ0n) is 11.8. The van der Waals surface area contributed by atoms with Gasteiger partial charge in [-0.15, -0.1) is 0 Å². The first kappa shape index (κ1) is 17.4. The molecule has 0 heterocycles. The summed E-state index contributed by atoms with van der Waals surface area (Å²) in [6.45, 7) is 0.301. The molecular weight excluding hydrogens is 304 g/mol. The number of sulfone groups is 1. The lowest BCUT2D eigenvalue weighted by atomic mass is 10.0. The molecule has 1 saturated carbocycles. The van der Waals surface area contributed by atoms with Crippen LogP contribution in [-0.4, -0.2) is 53.6 Å². The molecule has 0 spiro atoms. The van der Waals surface area contributed by atoms with Crippen LogP contribution >= 0.6 is 0 Å². The molecule has 0 aromatic heterocycles. The van der Waals surface area contributed by atoms with E-state index < -0.39 is 19.9 Å². The first-order valence-electron chi connectivity index (χ1n) is 6.48. The van der Waals surface area contributed by atoms with Gasteiger partial charge in [-0.25, -0.2) is 21.6 Å². The number of sulfonamides is 1. The maximum Gasteiger partial charge on any atom is 0.221 e. The Morgan fingerprint density at radius 1 is 1.15 bits per heavy atom. The van der Waals surface area contributed by atoms with E-state index in [1.165, 1.54) is 0 Å². The third-order valence-electron chi connectivity index (χ3n) is 3.31. The highest BCUT2D eigenvalue weighted by molar-refractivity contribution is 7.90. The first-order valence-corrected chi connectivity index (χ1v) is 10.4. The summed E-state index contributed by atoms with van der Waals surface area (Å²) in [6, 6.07) is -0.0867. The summed E-state index contributed by atoms with van der Waals surface area (Å²) in [5.41, 5.74) is 0. The maximum absolute atomic E-state index is 11.7. The Hall–Kier alpha value is -0.670. The predicted molar refractivity (Wildman–Crippen MR) is 76.4 cm³/mol. The summed E-state index contributed by atoms with van der Waals surface area (Å²) in [4.78, 5) is 11.7. The van der Waals surface area contributed by atoms with Crippen LogP contribution in [0.4, 0.5) is 0 Å². The van der Waals surface area contributed by atoms with Gasteiger partial charge in [-0.3, -0.25) is 4.79 Å². The highest BCUT2D eigenvalue weighted by atomic mass is 32.2. The van der Waals surface area contributed by atoms with Gasteiger partial charge in [-0.2, -0.15) is 0 Å². The van der Waals surface area contributed by atoms with Crippen molar-refractivity contribution in [3.8, 4) is 0 Å². The largest absolute Gasteiger partial charge is 0.353 e. The molecule has 2 unspecified atom stereocenters. The van der Waals surface area contributed by atoms with Gasteiger partial charge in [-0.1, -0.05) is 6.42 Å². The van der Waals surface area contributed by atoms with E-state index in [0.29, 0.717) is 6.54 Å². The minimum absolute atomic E-state index is 0.0540. The molecule has 1 rings (SSSR count). The molecule has 7 nitrogen and oxygen atoms in total. The van der Waals surface area contributed by atoms with E-state index in [0.717, 1.165) is 31.8 Å². The summed E-state index contributed by atoms with van der Waals surface area (Å²) < 4.78 is 46.6. The Kier molecular flexibility index (Phi) is 5.96. The molecule has 0 radical (unpaired) electrons.